The Morgan fingerprint density at radius 1 is 1.16 bits per heavy atom. The molecule has 0 fully saturated rings. The molecule has 0 saturated carbocycles. The van der Waals surface area contributed by atoms with Gasteiger partial charge in [0, 0.05) is 18.5 Å². The van der Waals surface area contributed by atoms with E-state index in [0.717, 1.165) is 5.56 Å². The number of halogens is 2. The normalized spacial score (nSPS) is 13.1. The Hall–Kier alpha value is -0.570. The third-order valence-electron chi connectivity index (χ3n) is 2.99. The van der Waals surface area contributed by atoms with E-state index in [9.17, 15) is 4.79 Å². The minimum absolute atomic E-state index is 0.00610. The van der Waals surface area contributed by atoms with Crippen molar-refractivity contribution in [1.29, 1.82) is 0 Å². The number of benzene rings is 1. The molecule has 1 aromatic carbocycles. The Bertz CT molecular complexity index is 444. The minimum atomic E-state index is -0.183. The molecule has 1 rings (SSSR count). The molecular formula is C15H21Cl2NO. The highest BCUT2D eigenvalue weighted by molar-refractivity contribution is 6.42. The quantitative estimate of drug-likeness (QED) is 0.849. The van der Waals surface area contributed by atoms with Gasteiger partial charge in [0.2, 0.25) is 0 Å². The topological polar surface area (TPSA) is 29.1 Å². The van der Waals surface area contributed by atoms with Gasteiger partial charge in [-0.05, 0) is 17.7 Å². The molecule has 0 aliphatic rings. The molecule has 0 spiro atoms. The lowest BCUT2D eigenvalue weighted by Crippen LogP contribution is -2.33. The lowest BCUT2D eigenvalue weighted by atomic mass is 9.88. The fourth-order valence-corrected chi connectivity index (χ4v) is 2.17. The fraction of sp³-hybridized carbons (Fsp3) is 0.533. The summed E-state index contributed by atoms with van der Waals surface area (Å²) in [5, 5.41) is 4.32. The van der Waals surface area contributed by atoms with Crippen LogP contribution in [0.3, 0.4) is 0 Å². The molecule has 1 aromatic rings. The maximum Gasteiger partial charge on any atom is 0.144 e. The summed E-state index contributed by atoms with van der Waals surface area (Å²) in [5.74, 6) is 0.0251. The number of ketones is 1. The van der Waals surface area contributed by atoms with Gasteiger partial charge in [0.1, 0.15) is 5.78 Å². The van der Waals surface area contributed by atoms with Gasteiger partial charge >= 0.3 is 0 Å². The van der Waals surface area contributed by atoms with E-state index >= 15 is 0 Å². The van der Waals surface area contributed by atoms with E-state index in [1.165, 1.54) is 0 Å². The summed E-state index contributed by atoms with van der Waals surface area (Å²) < 4.78 is 0. The summed E-state index contributed by atoms with van der Waals surface area (Å²) in [6.45, 7) is 8.58. The molecule has 19 heavy (non-hydrogen) atoms. The summed E-state index contributed by atoms with van der Waals surface area (Å²) >= 11 is 12.0. The molecule has 0 amide bonds. The molecule has 0 unspecified atom stereocenters. The van der Waals surface area contributed by atoms with Crippen LogP contribution in [0.2, 0.25) is 10.0 Å². The first-order valence-corrected chi connectivity index (χ1v) is 7.30. The van der Waals surface area contributed by atoms with Crippen LogP contribution in [0, 0.1) is 5.92 Å². The van der Waals surface area contributed by atoms with Gasteiger partial charge in [0.25, 0.3) is 0 Å². The van der Waals surface area contributed by atoms with Crippen LogP contribution in [0.1, 0.15) is 39.2 Å². The lowest BCUT2D eigenvalue weighted by Gasteiger charge is -2.21. The molecule has 0 aliphatic heterocycles. The first kappa shape index (κ1) is 16.5. The van der Waals surface area contributed by atoms with E-state index in [2.05, 4.69) is 19.2 Å². The zero-order chi connectivity index (χ0) is 14.6. The second kappa shape index (κ2) is 7.28. The van der Waals surface area contributed by atoms with Crippen LogP contribution in [0.5, 0.6) is 0 Å². The third kappa shape index (κ3) is 4.79. The molecule has 0 saturated heterocycles. The van der Waals surface area contributed by atoms with Crippen LogP contribution in [-0.4, -0.2) is 18.4 Å². The number of hydrogen-bond donors (Lipinski definition) is 1. The van der Waals surface area contributed by atoms with Gasteiger partial charge in [0.15, 0.2) is 0 Å². The molecule has 0 radical (unpaired) electrons. The SMILES string of the molecule is CC(C)NC[C@@H](C(=O)C(C)C)c1ccc(Cl)c(Cl)c1. The molecule has 0 bridgehead atoms. The summed E-state index contributed by atoms with van der Waals surface area (Å²) in [6, 6.07) is 5.75. The van der Waals surface area contributed by atoms with Gasteiger partial charge in [-0.25, -0.2) is 0 Å². The molecule has 4 heteroatoms. The second-order valence-corrected chi connectivity index (χ2v) is 6.16. The molecule has 0 aromatic heterocycles. The van der Waals surface area contributed by atoms with E-state index < -0.39 is 0 Å². The van der Waals surface area contributed by atoms with Gasteiger partial charge in [-0.1, -0.05) is 57.0 Å². The summed E-state index contributed by atoms with van der Waals surface area (Å²) in [6.07, 6.45) is 0. The first-order chi connectivity index (χ1) is 8.82. The smallest absolute Gasteiger partial charge is 0.144 e. The molecule has 0 aliphatic carbocycles. The van der Waals surface area contributed by atoms with E-state index in [0.29, 0.717) is 22.6 Å². The summed E-state index contributed by atoms with van der Waals surface area (Å²) in [4.78, 5) is 12.3. The number of nitrogens with one attached hydrogen (secondary N) is 1. The average Bonchev–Trinajstić information content (AvgIpc) is 2.33. The fourth-order valence-electron chi connectivity index (χ4n) is 1.87. The summed E-state index contributed by atoms with van der Waals surface area (Å²) in [7, 11) is 0. The predicted octanol–water partition coefficient (Wildman–Crippen LogP) is 4.30. The Morgan fingerprint density at radius 3 is 2.26 bits per heavy atom. The van der Waals surface area contributed by atoms with Crippen LogP contribution in [-0.2, 0) is 4.79 Å². The number of hydrogen-bond acceptors (Lipinski definition) is 2. The highest BCUT2D eigenvalue weighted by Crippen LogP contribution is 2.28. The maximum atomic E-state index is 12.3. The maximum absolute atomic E-state index is 12.3. The Morgan fingerprint density at radius 2 is 1.79 bits per heavy atom. The lowest BCUT2D eigenvalue weighted by molar-refractivity contribution is -0.123. The van der Waals surface area contributed by atoms with Crippen LogP contribution < -0.4 is 5.32 Å². The van der Waals surface area contributed by atoms with E-state index in [4.69, 9.17) is 23.2 Å². The van der Waals surface area contributed by atoms with Crippen molar-refractivity contribution in [2.45, 2.75) is 39.7 Å². The zero-order valence-electron chi connectivity index (χ0n) is 11.8. The molecular weight excluding hydrogens is 281 g/mol. The van der Waals surface area contributed by atoms with Crippen molar-refractivity contribution >= 4 is 29.0 Å². The highest BCUT2D eigenvalue weighted by Gasteiger charge is 2.23. The van der Waals surface area contributed by atoms with Crippen LogP contribution in [0.25, 0.3) is 0 Å². The van der Waals surface area contributed by atoms with E-state index in [1.54, 1.807) is 12.1 Å². The van der Waals surface area contributed by atoms with Crippen molar-refractivity contribution in [3.8, 4) is 0 Å². The van der Waals surface area contributed by atoms with Crippen molar-refractivity contribution < 1.29 is 4.79 Å². The molecule has 1 atom stereocenters. The zero-order valence-corrected chi connectivity index (χ0v) is 13.3. The Kier molecular flexibility index (Phi) is 6.31. The third-order valence-corrected chi connectivity index (χ3v) is 3.73. The standard InChI is InChI=1S/C15H21Cl2NO/c1-9(2)15(19)12(8-18-10(3)4)11-5-6-13(16)14(17)7-11/h5-7,9-10,12,18H,8H2,1-4H3/t12-/m1/s1. The van der Waals surface area contributed by atoms with E-state index in [-0.39, 0.29) is 17.6 Å². The largest absolute Gasteiger partial charge is 0.313 e. The molecule has 106 valence electrons. The summed E-state index contributed by atoms with van der Waals surface area (Å²) in [5.41, 5.74) is 0.918. The highest BCUT2D eigenvalue weighted by atomic mass is 35.5. The van der Waals surface area contributed by atoms with Crippen molar-refractivity contribution in [2.24, 2.45) is 5.92 Å². The van der Waals surface area contributed by atoms with Crippen molar-refractivity contribution in [2.75, 3.05) is 6.54 Å². The van der Waals surface area contributed by atoms with E-state index in [1.807, 2.05) is 19.9 Å². The second-order valence-electron chi connectivity index (χ2n) is 5.35. The average molecular weight is 302 g/mol. The van der Waals surface area contributed by atoms with Gasteiger partial charge < -0.3 is 5.32 Å². The van der Waals surface area contributed by atoms with Crippen LogP contribution in [0.4, 0.5) is 0 Å². The number of carbonyl (C=O) groups excluding carboxylic acids is 1. The van der Waals surface area contributed by atoms with Gasteiger partial charge in [-0.15, -0.1) is 0 Å². The minimum Gasteiger partial charge on any atom is -0.313 e. The van der Waals surface area contributed by atoms with Gasteiger partial charge in [0.05, 0.1) is 16.0 Å². The van der Waals surface area contributed by atoms with Crippen molar-refractivity contribution in [3.63, 3.8) is 0 Å². The van der Waals surface area contributed by atoms with Crippen LogP contribution in [0.15, 0.2) is 18.2 Å². The molecule has 0 heterocycles. The predicted molar refractivity (Wildman–Crippen MR) is 82.2 cm³/mol. The van der Waals surface area contributed by atoms with Crippen LogP contribution >= 0.6 is 23.2 Å². The first-order valence-electron chi connectivity index (χ1n) is 6.55. The molecule has 1 N–H and O–H groups in total. The van der Waals surface area contributed by atoms with Crippen molar-refractivity contribution in [1.82, 2.24) is 5.32 Å². The Labute approximate surface area is 125 Å². The van der Waals surface area contributed by atoms with Crippen molar-refractivity contribution in [3.05, 3.63) is 33.8 Å². The number of rotatable bonds is 6. The Balaban J connectivity index is 3.00. The van der Waals surface area contributed by atoms with Gasteiger partial charge in [-0.3, -0.25) is 4.79 Å². The number of carbonyl (C=O) groups is 1. The van der Waals surface area contributed by atoms with Gasteiger partial charge in [-0.2, -0.15) is 0 Å². The monoisotopic (exact) mass is 301 g/mol. The number of Topliss-reactive ketones (excluding diaryl/α,β-unsaturated/α-hetero) is 1. The molecule has 2 nitrogen and oxygen atoms in total.